The van der Waals surface area contributed by atoms with Gasteiger partial charge in [-0.15, -0.1) is 0 Å². The molecule has 0 bridgehead atoms. The molecular formula is C15H23N3O. The lowest BCUT2D eigenvalue weighted by molar-refractivity contribution is 0.194. The third kappa shape index (κ3) is 2.73. The number of amides is 2. The van der Waals surface area contributed by atoms with Crippen molar-refractivity contribution in [3.05, 3.63) is 34.9 Å². The average Bonchev–Trinajstić information content (AvgIpc) is 2.60. The van der Waals surface area contributed by atoms with Crippen molar-refractivity contribution in [2.75, 3.05) is 20.1 Å². The second-order valence-electron chi connectivity index (χ2n) is 5.65. The highest BCUT2D eigenvalue weighted by molar-refractivity contribution is 5.77. The van der Waals surface area contributed by atoms with Crippen LogP contribution in [0.5, 0.6) is 0 Å². The van der Waals surface area contributed by atoms with E-state index in [0.29, 0.717) is 6.54 Å². The van der Waals surface area contributed by atoms with Gasteiger partial charge in [0, 0.05) is 26.2 Å². The number of nitrogens with zero attached hydrogens (tertiary/aromatic N) is 2. The number of hydrogen-bond acceptors (Lipinski definition) is 2. The molecule has 1 fully saturated rings. The standard InChI is InChI=1S/C15H23N3O/c1-10-5-6-11(2)13(7-10)14-9-18(8-12(3)16)15(19)17(14)4/h5-7,12,14H,8-9,16H2,1-4H3. The highest BCUT2D eigenvalue weighted by Crippen LogP contribution is 2.30. The molecule has 1 aromatic rings. The number of rotatable bonds is 3. The van der Waals surface area contributed by atoms with Crippen LogP contribution in [0, 0.1) is 13.8 Å². The second-order valence-corrected chi connectivity index (χ2v) is 5.65. The van der Waals surface area contributed by atoms with Crippen LogP contribution >= 0.6 is 0 Å². The molecule has 0 radical (unpaired) electrons. The van der Waals surface area contributed by atoms with E-state index in [4.69, 9.17) is 5.73 Å². The Hall–Kier alpha value is -1.55. The molecule has 0 spiro atoms. The Morgan fingerprint density at radius 1 is 1.42 bits per heavy atom. The summed E-state index contributed by atoms with van der Waals surface area (Å²) in [7, 11) is 1.87. The third-order valence-corrected chi connectivity index (χ3v) is 3.74. The molecule has 1 aromatic carbocycles. The minimum atomic E-state index is 0.00899. The lowest BCUT2D eigenvalue weighted by Gasteiger charge is -2.20. The van der Waals surface area contributed by atoms with Crippen molar-refractivity contribution < 1.29 is 4.79 Å². The van der Waals surface area contributed by atoms with Crippen molar-refractivity contribution in [2.24, 2.45) is 5.73 Å². The van der Waals surface area contributed by atoms with Gasteiger partial charge in [0.05, 0.1) is 6.04 Å². The summed E-state index contributed by atoms with van der Waals surface area (Å²) < 4.78 is 0. The molecule has 19 heavy (non-hydrogen) atoms. The lowest BCUT2D eigenvalue weighted by atomic mass is 9.99. The number of likely N-dealkylation sites (N-methyl/N-ethyl adjacent to an activating group) is 1. The number of carbonyl (C=O) groups excluding carboxylic acids is 1. The maximum atomic E-state index is 12.2. The molecule has 1 aliphatic heterocycles. The van der Waals surface area contributed by atoms with Gasteiger partial charge in [0.25, 0.3) is 0 Å². The Labute approximate surface area is 115 Å². The van der Waals surface area contributed by atoms with E-state index in [1.54, 1.807) is 0 Å². The first-order valence-corrected chi connectivity index (χ1v) is 6.74. The van der Waals surface area contributed by atoms with E-state index in [-0.39, 0.29) is 18.1 Å². The van der Waals surface area contributed by atoms with E-state index in [1.807, 2.05) is 23.8 Å². The van der Waals surface area contributed by atoms with Crippen LogP contribution in [0.4, 0.5) is 4.79 Å². The fraction of sp³-hybridized carbons (Fsp3) is 0.533. The van der Waals surface area contributed by atoms with Gasteiger partial charge in [-0.25, -0.2) is 4.79 Å². The van der Waals surface area contributed by atoms with Crippen LogP contribution in [0.15, 0.2) is 18.2 Å². The summed E-state index contributed by atoms with van der Waals surface area (Å²) in [6, 6.07) is 6.62. The van der Waals surface area contributed by atoms with Crippen molar-refractivity contribution in [3.8, 4) is 0 Å². The predicted octanol–water partition coefficient (Wildman–Crippen LogP) is 2.06. The van der Waals surface area contributed by atoms with Gasteiger partial charge in [-0.05, 0) is 31.9 Å². The van der Waals surface area contributed by atoms with Gasteiger partial charge in [-0.3, -0.25) is 0 Å². The largest absolute Gasteiger partial charge is 0.326 e. The summed E-state index contributed by atoms with van der Waals surface area (Å²) in [6.45, 7) is 7.45. The lowest BCUT2D eigenvalue weighted by Crippen LogP contribution is -2.38. The Kier molecular flexibility index (Phi) is 3.80. The van der Waals surface area contributed by atoms with Crippen LogP contribution in [0.25, 0.3) is 0 Å². The zero-order chi connectivity index (χ0) is 14.2. The van der Waals surface area contributed by atoms with Gasteiger partial charge in [0.2, 0.25) is 0 Å². The highest BCUT2D eigenvalue weighted by Gasteiger charge is 2.36. The molecule has 0 saturated carbocycles. The van der Waals surface area contributed by atoms with Crippen molar-refractivity contribution in [1.29, 1.82) is 0 Å². The molecule has 2 amide bonds. The molecule has 1 saturated heterocycles. The van der Waals surface area contributed by atoms with E-state index in [0.717, 1.165) is 6.54 Å². The van der Waals surface area contributed by atoms with Crippen LogP contribution in [0.3, 0.4) is 0 Å². The Balaban J connectivity index is 2.26. The summed E-state index contributed by atoms with van der Waals surface area (Å²) >= 11 is 0. The van der Waals surface area contributed by atoms with Crippen molar-refractivity contribution in [2.45, 2.75) is 32.9 Å². The first kappa shape index (κ1) is 13.9. The zero-order valence-corrected chi connectivity index (χ0v) is 12.2. The first-order valence-electron chi connectivity index (χ1n) is 6.74. The normalized spacial score (nSPS) is 21.1. The predicted molar refractivity (Wildman–Crippen MR) is 77.0 cm³/mol. The zero-order valence-electron chi connectivity index (χ0n) is 12.2. The SMILES string of the molecule is Cc1ccc(C)c(C2CN(CC(C)N)C(=O)N2C)c1. The van der Waals surface area contributed by atoms with Gasteiger partial charge in [-0.1, -0.05) is 23.8 Å². The van der Waals surface area contributed by atoms with E-state index >= 15 is 0 Å². The van der Waals surface area contributed by atoms with Gasteiger partial charge < -0.3 is 15.5 Å². The smallest absolute Gasteiger partial charge is 0.320 e. The van der Waals surface area contributed by atoms with Crippen molar-refractivity contribution in [3.63, 3.8) is 0 Å². The van der Waals surface area contributed by atoms with Crippen LogP contribution in [-0.4, -0.2) is 42.0 Å². The van der Waals surface area contributed by atoms with Crippen LogP contribution in [0.1, 0.15) is 29.7 Å². The number of carbonyl (C=O) groups is 1. The van der Waals surface area contributed by atoms with Crippen LogP contribution in [0.2, 0.25) is 0 Å². The van der Waals surface area contributed by atoms with Crippen LogP contribution in [-0.2, 0) is 0 Å². The summed E-state index contributed by atoms with van der Waals surface area (Å²) in [5, 5.41) is 0. The number of nitrogens with two attached hydrogens (primary N) is 1. The minimum Gasteiger partial charge on any atom is -0.326 e. The molecule has 4 nitrogen and oxygen atoms in total. The Morgan fingerprint density at radius 3 is 2.74 bits per heavy atom. The van der Waals surface area contributed by atoms with E-state index in [2.05, 4.69) is 32.0 Å². The summed E-state index contributed by atoms with van der Waals surface area (Å²) in [5.74, 6) is 0. The Morgan fingerprint density at radius 2 is 2.11 bits per heavy atom. The number of aryl methyl sites for hydroxylation is 2. The molecule has 4 heteroatoms. The molecule has 2 N–H and O–H groups in total. The fourth-order valence-electron chi connectivity index (χ4n) is 2.69. The van der Waals surface area contributed by atoms with Crippen molar-refractivity contribution in [1.82, 2.24) is 9.80 Å². The summed E-state index contributed by atoms with van der Waals surface area (Å²) in [5.41, 5.74) is 9.51. The van der Waals surface area contributed by atoms with E-state index in [1.165, 1.54) is 16.7 Å². The molecule has 1 aliphatic rings. The average molecular weight is 261 g/mol. The topological polar surface area (TPSA) is 49.6 Å². The molecule has 0 aromatic heterocycles. The van der Waals surface area contributed by atoms with Gasteiger partial charge in [-0.2, -0.15) is 0 Å². The third-order valence-electron chi connectivity index (χ3n) is 3.74. The van der Waals surface area contributed by atoms with Crippen LogP contribution < -0.4 is 5.73 Å². The Bertz CT molecular complexity index is 484. The van der Waals surface area contributed by atoms with Gasteiger partial charge in [0.1, 0.15) is 0 Å². The monoisotopic (exact) mass is 261 g/mol. The molecule has 2 rings (SSSR count). The fourth-order valence-corrected chi connectivity index (χ4v) is 2.69. The first-order chi connectivity index (χ1) is 8.90. The van der Waals surface area contributed by atoms with Crippen molar-refractivity contribution >= 4 is 6.03 Å². The molecule has 0 aliphatic carbocycles. The molecule has 2 atom stereocenters. The van der Waals surface area contributed by atoms with E-state index in [9.17, 15) is 4.79 Å². The quantitative estimate of drug-likeness (QED) is 0.905. The summed E-state index contributed by atoms with van der Waals surface area (Å²) in [4.78, 5) is 15.9. The van der Waals surface area contributed by atoms with E-state index < -0.39 is 0 Å². The maximum absolute atomic E-state index is 12.2. The highest BCUT2D eigenvalue weighted by atomic mass is 16.2. The number of urea groups is 1. The number of benzene rings is 1. The number of hydrogen-bond donors (Lipinski definition) is 1. The van der Waals surface area contributed by atoms with Gasteiger partial charge in [0.15, 0.2) is 0 Å². The molecule has 2 unspecified atom stereocenters. The molecule has 104 valence electrons. The van der Waals surface area contributed by atoms with Gasteiger partial charge >= 0.3 is 6.03 Å². The second kappa shape index (κ2) is 5.21. The summed E-state index contributed by atoms with van der Waals surface area (Å²) in [6.07, 6.45) is 0. The minimum absolute atomic E-state index is 0.00899. The molecule has 1 heterocycles. The maximum Gasteiger partial charge on any atom is 0.320 e. The molecular weight excluding hydrogens is 238 g/mol.